The van der Waals surface area contributed by atoms with Crippen molar-refractivity contribution in [3.8, 4) is 0 Å². The smallest absolute Gasteiger partial charge is 0.128 e. The molecule has 1 atom stereocenters. The average molecular weight is 255 g/mol. The van der Waals surface area contributed by atoms with E-state index in [0.717, 1.165) is 12.0 Å². The summed E-state index contributed by atoms with van der Waals surface area (Å²) in [5.41, 5.74) is 10.9. The maximum atomic E-state index is 6.02. The lowest BCUT2D eigenvalue weighted by atomic mass is 9.96. The third kappa shape index (κ3) is 3.12. The Morgan fingerprint density at radius 3 is 2.42 bits per heavy atom. The highest BCUT2D eigenvalue weighted by Gasteiger charge is 2.16. The fourth-order valence-corrected chi connectivity index (χ4v) is 2.35. The number of likely N-dealkylation sites (N-methyl/N-ethyl adjacent to an activating group) is 1. The van der Waals surface area contributed by atoms with Crippen LogP contribution in [-0.4, -0.2) is 12.0 Å². The number of rotatable bonds is 4. The molecule has 0 aliphatic heterocycles. The Morgan fingerprint density at radius 1 is 1.16 bits per heavy atom. The van der Waals surface area contributed by atoms with Gasteiger partial charge in [0.15, 0.2) is 0 Å². The summed E-state index contributed by atoms with van der Waals surface area (Å²) in [7, 11) is 1.96. The molecule has 3 heteroatoms. The molecule has 1 aromatic carbocycles. The van der Waals surface area contributed by atoms with E-state index in [-0.39, 0.29) is 6.04 Å². The Hall–Kier alpha value is -1.87. The fourth-order valence-electron chi connectivity index (χ4n) is 2.35. The van der Waals surface area contributed by atoms with Gasteiger partial charge in [-0.1, -0.05) is 29.8 Å². The highest BCUT2D eigenvalue weighted by atomic mass is 14.9. The van der Waals surface area contributed by atoms with Crippen molar-refractivity contribution in [1.82, 2.24) is 10.3 Å². The van der Waals surface area contributed by atoms with Crippen molar-refractivity contribution in [2.24, 2.45) is 0 Å². The van der Waals surface area contributed by atoms with Crippen LogP contribution in [0, 0.1) is 13.8 Å². The number of hydrogen-bond donors (Lipinski definition) is 2. The van der Waals surface area contributed by atoms with Crippen molar-refractivity contribution < 1.29 is 0 Å². The molecular weight excluding hydrogens is 234 g/mol. The van der Waals surface area contributed by atoms with Gasteiger partial charge in [-0.15, -0.1) is 0 Å². The molecule has 0 bridgehead atoms. The highest BCUT2D eigenvalue weighted by Crippen LogP contribution is 2.25. The Kier molecular flexibility index (Phi) is 4.17. The number of nitrogens with two attached hydrogens (primary N) is 1. The summed E-state index contributed by atoms with van der Waals surface area (Å²) in [4.78, 5) is 4.20. The fraction of sp³-hybridized carbons (Fsp3) is 0.312. The third-order valence-electron chi connectivity index (χ3n) is 3.50. The third-order valence-corrected chi connectivity index (χ3v) is 3.50. The predicted octanol–water partition coefficient (Wildman–Crippen LogP) is 2.78. The normalized spacial score (nSPS) is 12.4. The number of nitrogen functional groups attached to an aromatic ring is 1. The molecule has 0 aliphatic rings. The van der Waals surface area contributed by atoms with Gasteiger partial charge in [-0.05, 0) is 44.5 Å². The van der Waals surface area contributed by atoms with Crippen LogP contribution >= 0.6 is 0 Å². The van der Waals surface area contributed by atoms with Gasteiger partial charge in [0, 0.05) is 17.8 Å². The van der Waals surface area contributed by atoms with Crippen LogP contribution in [0.25, 0.3) is 0 Å². The zero-order valence-electron chi connectivity index (χ0n) is 11.8. The number of aryl methyl sites for hydroxylation is 2. The Morgan fingerprint density at radius 2 is 1.84 bits per heavy atom. The van der Waals surface area contributed by atoms with E-state index in [1.807, 2.05) is 13.1 Å². The second-order valence-corrected chi connectivity index (χ2v) is 4.96. The van der Waals surface area contributed by atoms with Gasteiger partial charge in [0.2, 0.25) is 0 Å². The molecule has 0 saturated heterocycles. The molecule has 0 amide bonds. The lowest BCUT2D eigenvalue weighted by molar-refractivity contribution is 0.589. The van der Waals surface area contributed by atoms with Gasteiger partial charge in [0.05, 0.1) is 0 Å². The minimum Gasteiger partial charge on any atom is -0.383 e. The summed E-state index contributed by atoms with van der Waals surface area (Å²) >= 11 is 0. The van der Waals surface area contributed by atoms with E-state index < -0.39 is 0 Å². The van der Waals surface area contributed by atoms with Crippen LogP contribution < -0.4 is 11.1 Å². The van der Waals surface area contributed by atoms with Crippen molar-refractivity contribution in [1.29, 1.82) is 0 Å². The van der Waals surface area contributed by atoms with Crippen LogP contribution in [-0.2, 0) is 6.42 Å². The predicted molar refractivity (Wildman–Crippen MR) is 80.1 cm³/mol. The second-order valence-electron chi connectivity index (χ2n) is 4.96. The summed E-state index contributed by atoms with van der Waals surface area (Å²) in [6.07, 6.45) is 2.67. The summed E-state index contributed by atoms with van der Waals surface area (Å²) < 4.78 is 0. The standard InChI is InChI=1S/C16H21N3/c1-11-4-6-13(7-5-11)10-14(18-3)15-12(2)8-9-19-16(15)17/h4-9,14,18H,10H2,1-3H3,(H2,17,19). The summed E-state index contributed by atoms with van der Waals surface area (Å²) in [6, 6.07) is 10.8. The van der Waals surface area contributed by atoms with Crippen LogP contribution in [0.4, 0.5) is 5.82 Å². The van der Waals surface area contributed by atoms with E-state index in [4.69, 9.17) is 5.73 Å². The van der Waals surface area contributed by atoms with E-state index in [1.54, 1.807) is 6.20 Å². The van der Waals surface area contributed by atoms with Crippen LogP contribution in [0.1, 0.15) is 28.3 Å². The topological polar surface area (TPSA) is 50.9 Å². The van der Waals surface area contributed by atoms with E-state index in [1.165, 1.54) is 16.7 Å². The largest absolute Gasteiger partial charge is 0.383 e. The Labute approximate surface area is 114 Å². The number of hydrogen-bond acceptors (Lipinski definition) is 3. The molecule has 3 N–H and O–H groups in total. The van der Waals surface area contributed by atoms with E-state index in [2.05, 4.69) is 48.4 Å². The van der Waals surface area contributed by atoms with Gasteiger partial charge >= 0.3 is 0 Å². The van der Waals surface area contributed by atoms with Gasteiger partial charge in [-0.3, -0.25) is 0 Å². The molecule has 0 spiro atoms. The molecule has 0 aliphatic carbocycles. The lowest BCUT2D eigenvalue weighted by Gasteiger charge is -2.20. The van der Waals surface area contributed by atoms with Crippen molar-refractivity contribution in [2.45, 2.75) is 26.3 Å². The molecule has 2 aromatic rings. The Bertz CT molecular complexity index is 526. The Balaban J connectivity index is 2.27. The maximum absolute atomic E-state index is 6.02. The van der Waals surface area contributed by atoms with Gasteiger partial charge < -0.3 is 11.1 Å². The number of benzene rings is 1. The molecule has 1 unspecified atom stereocenters. The first-order valence-electron chi connectivity index (χ1n) is 6.55. The van der Waals surface area contributed by atoms with Gasteiger partial charge in [0.25, 0.3) is 0 Å². The van der Waals surface area contributed by atoms with Crippen LogP contribution in [0.15, 0.2) is 36.5 Å². The highest BCUT2D eigenvalue weighted by molar-refractivity contribution is 5.46. The molecule has 2 rings (SSSR count). The minimum absolute atomic E-state index is 0.191. The summed E-state index contributed by atoms with van der Waals surface area (Å²) in [5.74, 6) is 0.617. The quantitative estimate of drug-likeness (QED) is 0.883. The van der Waals surface area contributed by atoms with Gasteiger partial charge in [0.1, 0.15) is 5.82 Å². The number of nitrogens with one attached hydrogen (secondary N) is 1. The van der Waals surface area contributed by atoms with Crippen LogP contribution in [0.2, 0.25) is 0 Å². The SMILES string of the molecule is CNC(Cc1ccc(C)cc1)c1c(C)ccnc1N. The number of aromatic nitrogens is 1. The molecule has 0 radical (unpaired) electrons. The monoisotopic (exact) mass is 255 g/mol. The van der Waals surface area contributed by atoms with Gasteiger partial charge in [-0.2, -0.15) is 0 Å². The number of nitrogens with zero attached hydrogens (tertiary/aromatic N) is 1. The molecule has 1 aromatic heterocycles. The van der Waals surface area contributed by atoms with Crippen molar-refractivity contribution in [3.05, 3.63) is 58.8 Å². The van der Waals surface area contributed by atoms with E-state index >= 15 is 0 Å². The summed E-state index contributed by atoms with van der Waals surface area (Å²) in [6.45, 7) is 4.18. The van der Waals surface area contributed by atoms with Crippen molar-refractivity contribution >= 4 is 5.82 Å². The minimum atomic E-state index is 0.191. The lowest BCUT2D eigenvalue weighted by Crippen LogP contribution is -2.21. The number of pyridine rings is 1. The first kappa shape index (κ1) is 13.6. The van der Waals surface area contributed by atoms with Crippen LogP contribution in [0.3, 0.4) is 0 Å². The number of anilines is 1. The molecule has 19 heavy (non-hydrogen) atoms. The zero-order valence-corrected chi connectivity index (χ0v) is 11.8. The average Bonchev–Trinajstić information content (AvgIpc) is 2.39. The molecule has 0 fully saturated rings. The van der Waals surface area contributed by atoms with E-state index in [0.29, 0.717) is 5.82 Å². The molecule has 100 valence electrons. The van der Waals surface area contributed by atoms with Gasteiger partial charge in [-0.25, -0.2) is 4.98 Å². The molecule has 3 nitrogen and oxygen atoms in total. The first-order chi connectivity index (χ1) is 9.11. The maximum Gasteiger partial charge on any atom is 0.128 e. The van der Waals surface area contributed by atoms with Crippen molar-refractivity contribution in [3.63, 3.8) is 0 Å². The van der Waals surface area contributed by atoms with E-state index in [9.17, 15) is 0 Å². The molecular formula is C16H21N3. The second kappa shape index (κ2) is 5.85. The summed E-state index contributed by atoms with van der Waals surface area (Å²) in [5, 5.41) is 3.34. The van der Waals surface area contributed by atoms with Crippen molar-refractivity contribution in [2.75, 3.05) is 12.8 Å². The molecule has 1 heterocycles. The zero-order chi connectivity index (χ0) is 13.8. The molecule has 0 saturated carbocycles. The van der Waals surface area contributed by atoms with Crippen LogP contribution in [0.5, 0.6) is 0 Å². The first-order valence-corrected chi connectivity index (χ1v) is 6.55.